The first-order chi connectivity index (χ1) is 10.1. The smallest absolute Gasteiger partial charge is 0.0991 e. The van der Waals surface area contributed by atoms with Crippen LogP contribution in [0.2, 0.25) is 0 Å². The molecule has 0 aliphatic heterocycles. The average Bonchev–Trinajstić information content (AvgIpc) is 2.74. The van der Waals surface area contributed by atoms with E-state index in [1.165, 1.54) is 5.56 Å². The number of hydrogen-bond donors (Lipinski definition) is 1. The Morgan fingerprint density at radius 2 is 1.76 bits per heavy atom. The van der Waals surface area contributed by atoms with Gasteiger partial charge in [0.2, 0.25) is 0 Å². The quantitative estimate of drug-likeness (QED) is 0.794. The Morgan fingerprint density at radius 3 is 2.48 bits per heavy atom. The highest BCUT2D eigenvalue weighted by Crippen LogP contribution is 2.26. The second kappa shape index (κ2) is 5.34. The summed E-state index contributed by atoms with van der Waals surface area (Å²) in [7, 11) is 0. The Kier molecular flexibility index (Phi) is 3.52. The topological polar surface area (TPSA) is 38.0 Å². The van der Waals surface area contributed by atoms with E-state index in [9.17, 15) is 5.11 Å². The lowest BCUT2D eigenvalue weighted by atomic mass is 10.0. The Hall–Kier alpha value is -2.13. The molecule has 1 aromatic heterocycles. The van der Waals surface area contributed by atoms with E-state index < -0.39 is 6.10 Å². The van der Waals surface area contributed by atoms with E-state index in [2.05, 4.69) is 30.2 Å². The summed E-state index contributed by atoms with van der Waals surface area (Å²) in [5.41, 5.74) is 4.29. The summed E-state index contributed by atoms with van der Waals surface area (Å²) < 4.78 is 1.90. The molecule has 0 aliphatic rings. The molecule has 3 nitrogen and oxygen atoms in total. The van der Waals surface area contributed by atoms with E-state index in [-0.39, 0.29) is 0 Å². The van der Waals surface area contributed by atoms with Gasteiger partial charge in [0.15, 0.2) is 0 Å². The second-order valence-corrected chi connectivity index (χ2v) is 5.56. The summed E-state index contributed by atoms with van der Waals surface area (Å²) in [4.78, 5) is 0. The molecular weight excluding hydrogens is 260 g/mol. The van der Waals surface area contributed by atoms with Crippen molar-refractivity contribution < 1.29 is 5.11 Å². The maximum atomic E-state index is 10.6. The van der Waals surface area contributed by atoms with E-state index >= 15 is 0 Å². The summed E-state index contributed by atoms with van der Waals surface area (Å²) in [5.74, 6) is 0. The monoisotopic (exact) mass is 280 g/mol. The van der Waals surface area contributed by atoms with Gasteiger partial charge in [0.25, 0.3) is 0 Å². The van der Waals surface area contributed by atoms with Crippen LogP contribution in [0.3, 0.4) is 0 Å². The SMILES string of the molecule is Cc1nn(CC(O)c2cccc3ccccc23)c(C)c1C. The summed E-state index contributed by atoms with van der Waals surface area (Å²) in [6.07, 6.45) is -0.562. The van der Waals surface area contributed by atoms with E-state index in [0.29, 0.717) is 6.54 Å². The van der Waals surface area contributed by atoms with Crippen LogP contribution in [0.1, 0.15) is 28.6 Å². The molecule has 1 unspecified atom stereocenters. The molecule has 108 valence electrons. The van der Waals surface area contributed by atoms with Crippen LogP contribution in [-0.4, -0.2) is 14.9 Å². The van der Waals surface area contributed by atoms with Crippen molar-refractivity contribution in [2.24, 2.45) is 0 Å². The van der Waals surface area contributed by atoms with Gasteiger partial charge in [0.05, 0.1) is 18.3 Å². The number of aromatic nitrogens is 2. The molecule has 0 spiro atoms. The maximum Gasteiger partial charge on any atom is 0.0991 e. The van der Waals surface area contributed by atoms with Crippen molar-refractivity contribution in [3.63, 3.8) is 0 Å². The molecule has 3 heteroatoms. The molecule has 3 rings (SSSR count). The van der Waals surface area contributed by atoms with Crippen LogP contribution in [0.5, 0.6) is 0 Å². The third kappa shape index (κ3) is 2.45. The highest BCUT2D eigenvalue weighted by Gasteiger charge is 2.15. The molecule has 0 amide bonds. The van der Waals surface area contributed by atoms with Gasteiger partial charge in [-0.25, -0.2) is 0 Å². The predicted molar refractivity (Wildman–Crippen MR) is 85.3 cm³/mol. The molecular formula is C18H20N2O. The first-order valence-electron chi connectivity index (χ1n) is 7.24. The Balaban J connectivity index is 1.97. The van der Waals surface area contributed by atoms with Gasteiger partial charge in [0, 0.05) is 5.69 Å². The fourth-order valence-electron chi connectivity index (χ4n) is 2.77. The number of aliphatic hydroxyl groups excluding tert-OH is 1. The van der Waals surface area contributed by atoms with E-state index in [4.69, 9.17) is 0 Å². The molecule has 3 aromatic rings. The Labute approximate surface area is 124 Å². The zero-order chi connectivity index (χ0) is 15.0. The number of hydrogen-bond acceptors (Lipinski definition) is 2. The van der Waals surface area contributed by atoms with Gasteiger partial charge in [-0.1, -0.05) is 42.5 Å². The summed E-state index contributed by atoms with van der Waals surface area (Å²) in [5, 5.41) is 17.4. The fraction of sp³-hybridized carbons (Fsp3) is 0.278. The molecule has 2 aromatic carbocycles. The lowest BCUT2D eigenvalue weighted by Gasteiger charge is -2.15. The minimum atomic E-state index is -0.562. The summed E-state index contributed by atoms with van der Waals surface area (Å²) in [6, 6.07) is 14.2. The van der Waals surface area contributed by atoms with Gasteiger partial charge >= 0.3 is 0 Å². The van der Waals surface area contributed by atoms with Gasteiger partial charge in [-0.3, -0.25) is 4.68 Å². The number of benzene rings is 2. The first kappa shape index (κ1) is 13.8. The van der Waals surface area contributed by atoms with Crippen molar-refractivity contribution in [2.75, 3.05) is 0 Å². The normalized spacial score (nSPS) is 12.8. The lowest BCUT2D eigenvalue weighted by Crippen LogP contribution is -2.12. The van der Waals surface area contributed by atoms with Gasteiger partial charge in [-0.15, -0.1) is 0 Å². The first-order valence-corrected chi connectivity index (χ1v) is 7.24. The predicted octanol–water partition coefficient (Wildman–Crippen LogP) is 3.70. The number of fused-ring (bicyclic) bond motifs is 1. The third-order valence-corrected chi connectivity index (χ3v) is 4.27. The molecule has 1 atom stereocenters. The number of rotatable bonds is 3. The molecule has 1 heterocycles. The van der Waals surface area contributed by atoms with Crippen molar-refractivity contribution in [3.8, 4) is 0 Å². The van der Waals surface area contributed by atoms with Crippen molar-refractivity contribution in [1.29, 1.82) is 0 Å². The molecule has 0 radical (unpaired) electrons. The van der Waals surface area contributed by atoms with Crippen LogP contribution < -0.4 is 0 Å². The molecule has 0 bridgehead atoms. The largest absolute Gasteiger partial charge is 0.386 e. The number of aliphatic hydroxyl groups is 1. The number of aryl methyl sites for hydroxylation is 1. The molecule has 0 saturated heterocycles. The van der Waals surface area contributed by atoms with Crippen molar-refractivity contribution in [2.45, 2.75) is 33.4 Å². The minimum absolute atomic E-state index is 0.481. The van der Waals surface area contributed by atoms with Crippen LogP contribution >= 0.6 is 0 Å². The van der Waals surface area contributed by atoms with Crippen LogP contribution in [0.4, 0.5) is 0 Å². The number of nitrogens with zero attached hydrogens (tertiary/aromatic N) is 2. The van der Waals surface area contributed by atoms with Crippen molar-refractivity contribution >= 4 is 10.8 Å². The highest BCUT2D eigenvalue weighted by molar-refractivity contribution is 5.85. The summed E-state index contributed by atoms with van der Waals surface area (Å²) >= 11 is 0. The zero-order valence-corrected chi connectivity index (χ0v) is 12.7. The van der Waals surface area contributed by atoms with Crippen molar-refractivity contribution in [3.05, 3.63) is 65.0 Å². The molecule has 0 saturated carbocycles. The van der Waals surface area contributed by atoms with Gasteiger partial charge < -0.3 is 5.11 Å². The van der Waals surface area contributed by atoms with Crippen LogP contribution in [0.25, 0.3) is 10.8 Å². The van der Waals surface area contributed by atoms with Crippen LogP contribution in [-0.2, 0) is 6.54 Å². The van der Waals surface area contributed by atoms with Crippen LogP contribution in [0, 0.1) is 20.8 Å². The Morgan fingerprint density at radius 1 is 1.05 bits per heavy atom. The Bertz CT molecular complexity index is 784. The standard InChI is InChI=1S/C18H20N2O/c1-12-13(2)19-20(14(12)3)11-18(21)17-10-6-8-15-7-4-5-9-16(15)17/h4-10,18,21H,11H2,1-3H3. The second-order valence-electron chi connectivity index (χ2n) is 5.56. The molecule has 0 aliphatic carbocycles. The third-order valence-electron chi connectivity index (χ3n) is 4.27. The molecule has 1 N–H and O–H groups in total. The van der Waals surface area contributed by atoms with E-state index in [0.717, 1.165) is 27.7 Å². The van der Waals surface area contributed by atoms with E-state index in [1.807, 2.05) is 42.8 Å². The summed E-state index contributed by atoms with van der Waals surface area (Å²) in [6.45, 7) is 6.60. The molecule has 21 heavy (non-hydrogen) atoms. The lowest BCUT2D eigenvalue weighted by molar-refractivity contribution is 0.152. The van der Waals surface area contributed by atoms with Gasteiger partial charge in [-0.05, 0) is 42.7 Å². The van der Waals surface area contributed by atoms with Gasteiger partial charge in [-0.2, -0.15) is 5.10 Å². The van der Waals surface area contributed by atoms with Crippen LogP contribution in [0.15, 0.2) is 42.5 Å². The fourth-order valence-corrected chi connectivity index (χ4v) is 2.77. The maximum absolute atomic E-state index is 10.6. The zero-order valence-electron chi connectivity index (χ0n) is 12.7. The average molecular weight is 280 g/mol. The minimum Gasteiger partial charge on any atom is -0.386 e. The highest BCUT2D eigenvalue weighted by atomic mass is 16.3. The molecule has 0 fully saturated rings. The van der Waals surface area contributed by atoms with Crippen molar-refractivity contribution in [1.82, 2.24) is 9.78 Å². The van der Waals surface area contributed by atoms with E-state index in [1.54, 1.807) is 0 Å². The van der Waals surface area contributed by atoms with Gasteiger partial charge in [0.1, 0.15) is 0 Å².